The van der Waals surface area contributed by atoms with Crippen LogP contribution in [0.1, 0.15) is 241 Å². The molecule has 0 radical (unpaired) electrons. The van der Waals surface area contributed by atoms with Gasteiger partial charge in [-0.25, -0.2) is 66.7 Å². The number of pyridine rings is 2. The van der Waals surface area contributed by atoms with Gasteiger partial charge in [0.15, 0.2) is 34.1 Å². The van der Waals surface area contributed by atoms with Crippen molar-refractivity contribution in [1.29, 1.82) is 0 Å². The molecule has 8 aliphatic rings. The largest absolute Gasteiger partial charge is 0.495 e. The van der Waals surface area contributed by atoms with Crippen LogP contribution in [0.15, 0.2) is 116 Å². The lowest BCUT2D eigenvalue weighted by molar-refractivity contribution is 0.0588. The molecule has 21 rings (SSSR count). The number of nitrogens with zero attached hydrogens (tertiary/aromatic N) is 25. The molecule has 34 heteroatoms. The third kappa shape index (κ3) is 18.0. The van der Waals surface area contributed by atoms with Crippen molar-refractivity contribution in [3.05, 3.63) is 200 Å². The molecule has 8 saturated heterocycles. The second-order valence-corrected chi connectivity index (χ2v) is 37.3. The molecule has 0 aliphatic carbocycles. The number of amides is 4. The van der Waals surface area contributed by atoms with E-state index in [-0.39, 0.29) is 52.7 Å². The first kappa shape index (κ1) is 85.9. The maximum atomic E-state index is 14.2. The maximum Gasteiger partial charge on any atom is 0.276 e. The highest BCUT2D eigenvalue weighted by atomic mass is 35.5. The van der Waals surface area contributed by atoms with Crippen LogP contribution in [-0.4, -0.2) is 212 Å². The SMILES string of the molecule is COc1ccsc1C(=O)N1CCCC[C@H]1c1cc2nc(N3CC[C@H](C)C3)c(C)cn2n1.Cc1cn2nc([C@@H]3CCCCN3C(=O)c3cn4ccccc4n3)cc2nc1N1CC[C@H](C)C1.Cc1cn2nc([C@@H]3CCCCN3C(=O)c3cnc(Cl)cn3)cc2nc1N1CC[C@H](C)C1.Cc1cn2nc([C@@H]3CCCCN3C(=O)c3ncc(F)cc3F)cc2nc1N1CC[C@H](C)C1. The summed E-state index contributed by atoms with van der Waals surface area (Å²) in [6, 6.07) is 15.9. The highest BCUT2D eigenvalue weighted by Crippen LogP contribution is 2.41. The average molecular weight is 1760 g/mol. The van der Waals surface area contributed by atoms with Gasteiger partial charge < -0.3 is 48.3 Å². The van der Waals surface area contributed by atoms with Crippen LogP contribution in [0.4, 0.5) is 32.1 Å². The van der Waals surface area contributed by atoms with Crippen LogP contribution in [0.2, 0.25) is 5.15 Å². The molecule has 30 nitrogen and oxygen atoms in total. The molecule has 664 valence electrons. The number of hydrogen-bond acceptors (Lipinski definition) is 22. The van der Waals surface area contributed by atoms with E-state index in [1.54, 1.807) is 16.5 Å². The normalized spacial score (nSPS) is 21.6. The second kappa shape index (κ2) is 36.8. The number of carbonyl (C=O) groups is 4. The van der Waals surface area contributed by atoms with Gasteiger partial charge >= 0.3 is 0 Å². The van der Waals surface area contributed by atoms with Gasteiger partial charge in [-0.2, -0.15) is 20.4 Å². The lowest BCUT2D eigenvalue weighted by Crippen LogP contribution is -2.39. The van der Waals surface area contributed by atoms with E-state index >= 15 is 0 Å². The summed E-state index contributed by atoms with van der Waals surface area (Å²) in [5, 5.41) is 21.4. The highest BCUT2D eigenvalue weighted by molar-refractivity contribution is 7.12. The Balaban J connectivity index is 0.000000115. The first-order valence-corrected chi connectivity index (χ1v) is 46.3. The summed E-state index contributed by atoms with van der Waals surface area (Å²) in [6.07, 6.45) is 31.7. The van der Waals surface area contributed by atoms with E-state index in [0.717, 1.165) is 239 Å². The molecule has 127 heavy (non-hydrogen) atoms. The quantitative estimate of drug-likeness (QED) is 0.104. The van der Waals surface area contributed by atoms with Crippen molar-refractivity contribution in [1.82, 2.24) is 102 Å². The summed E-state index contributed by atoms with van der Waals surface area (Å²) in [5.41, 5.74) is 12.3. The van der Waals surface area contributed by atoms with Crippen molar-refractivity contribution in [3.8, 4) is 5.75 Å². The van der Waals surface area contributed by atoms with Crippen LogP contribution in [0.3, 0.4) is 0 Å². The fourth-order valence-corrected chi connectivity index (χ4v) is 20.6. The molecule has 13 aromatic rings. The molecule has 4 amide bonds. The Morgan fingerprint density at radius 1 is 0.417 bits per heavy atom. The first-order valence-electron chi connectivity index (χ1n) is 45.1. The zero-order chi connectivity index (χ0) is 88.0. The minimum Gasteiger partial charge on any atom is -0.495 e. The number of aryl methyl sites for hydroxylation is 4. The number of thiophene rings is 1. The molecule has 0 aromatic carbocycles. The molecule has 8 aliphatic heterocycles. The van der Waals surface area contributed by atoms with E-state index in [1.165, 1.54) is 43.0 Å². The molecule has 0 bridgehead atoms. The molecule has 0 N–H and O–H groups in total. The monoisotopic (exact) mass is 1760 g/mol. The Kier molecular flexibility index (Phi) is 24.9. The van der Waals surface area contributed by atoms with Crippen LogP contribution in [0.25, 0.3) is 28.2 Å². The standard InChI is InChI=1S/C25H29N7O.C23H26F2N6O.C23H29N5O2S.C22H26ClN7O/c1-17-9-12-30(14-17)24-18(2)15-32-23(27-24)13-19(28-32)21-7-3-6-11-31(21)25(33)20-16-29-10-5-4-8-22(29)26-20;1-14-6-8-29(12-14)22-15(2)13-31-20(27-22)10-18(28-31)19-5-3-4-7-30(19)23(32)21-17(25)9-16(24)11-26-21;1-15-7-10-26(13-15)22-16(2)14-28-20(24-22)12-17(25-28)18-6-4-5-9-27(18)23(29)21-19(30-3)8-11-31-21;1-14-6-8-28(12-14)21-15(2)13-30-20(26-21)9-16(27-30)18-5-3-4-7-29(18)22(31)17-10-25-19(23)11-24-17/h4-5,8,10,13,15-17,21H,3,6-7,9,11-12,14H2,1-2H3;9-11,13-14,19H,3-8,12H2,1-2H3;8,11-12,14-15,18H,4-7,9-10,13H2,1-3H3;9-11,13-14,18H,3-8,12H2,1-2H3/t17-,21-;14-,19-;15-,18-;14-,18-/m0000/s1. The summed E-state index contributed by atoms with van der Waals surface area (Å²) in [4.78, 5) is 107. The minimum atomic E-state index is -0.948. The molecule has 13 aromatic heterocycles. The van der Waals surface area contributed by atoms with E-state index in [4.69, 9.17) is 56.7 Å². The number of hydrogen-bond donors (Lipinski definition) is 0. The van der Waals surface area contributed by atoms with Crippen LogP contribution in [0, 0.1) is 63.0 Å². The van der Waals surface area contributed by atoms with Crippen LogP contribution in [0.5, 0.6) is 5.75 Å². The molecule has 8 atom stereocenters. The third-order valence-electron chi connectivity index (χ3n) is 26.3. The summed E-state index contributed by atoms with van der Waals surface area (Å²) >= 11 is 7.27. The van der Waals surface area contributed by atoms with Crippen LogP contribution in [-0.2, 0) is 0 Å². The first-order chi connectivity index (χ1) is 61.5. The summed E-state index contributed by atoms with van der Waals surface area (Å²) in [7, 11) is 1.61. The van der Waals surface area contributed by atoms with Crippen molar-refractivity contribution in [2.75, 3.05) is 105 Å². The maximum absolute atomic E-state index is 14.2. The zero-order valence-corrected chi connectivity index (χ0v) is 75.2. The number of rotatable bonds is 13. The minimum absolute atomic E-state index is 0.0312. The number of aromatic nitrogens is 17. The van der Waals surface area contributed by atoms with Crippen molar-refractivity contribution >= 4 is 98.1 Å². The van der Waals surface area contributed by atoms with Gasteiger partial charge in [-0.05, 0) is 178 Å². The predicted octanol–water partition coefficient (Wildman–Crippen LogP) is 15.8. The van der Waals surface area contributed by atoms with Gasteiger partial charge in [0, 0.05) is 168 Å². The highest BCUT2D eigenvalue weighted by Gasteiger charge is 2.39. The smallest absolute Gasteiger partial charge is 0.276 e. The molecule has 0 unspecified atom stereocenters. The van der Waals surface area contributed by atoms with Gasteiger partial charge in [-0.3, -0.25) is 19.2 Å². The summed E-state index contributed by atoms with van der Waals surface area (Å²) in [5.74, 6) is 5.08. The number of fused-ring (bicyclic) bond motifs is 5. The number of halogens is 3. The topological polar surface area (TPSA) is 280 Å². The lowest BCUT2D eigenvalue weighted by atomic mass is 9.99. The van der Waals surface area contributed by atoms with Gasteiger partial charge in [-0.15, -0.1) is 11.3 Å². The number of piperidine rings is 4. The average Bonchev–Trinajstić information content (AvgIpc) is 1.65. The Morgan fingerprint density at radius 2 is 0.811 bits per heavy atom. The fourth-order valence-electron chi connectivity index (χ4n) is 19.7. The Labute approximate surface area is 745 Å². The zero-order valence-electron chi connectivity index (χ0n) is 73.7. The van der Waals surface area contributed by atoms with E-state index in [1.807, 2.05) is 106 Å². The molecule has 0 saturated carbocycles. The Bertz CT molecular complexity index is 6190. The molecular weight excluding hydrogens is 1650 g/mol. The number of likely N-dealkylation sites (tertiary alicyclic amines) is 4. The van der Waals surface area contributed by atoms with Gasteiger partial charge in [-0.1, -0.05) is 45.4 Å². The van der Waals surface area contributed by atoms with E-state index in [2.05, 4.69) is 113 Å². The van der Waals surface area contributed by atoms with Crippen molar-refractivity contribution < 1.29 is 32.7 Å². The van der Waals surface area contributed by atoms with Gasteiger partial charge in [0.05, 0.1) is 72.6 Å². The number of imidazole rings is 1. The van der Waals surface area contributed by atoms with Crippen molar-refractivity contribution in [2.45, 2.75) is 182 Å². The molecular formula is C93H110ClF2N25O5S. The van der Waals surface area contributed by atoms with E-state index < -0.39 is 17.5 Å². The van der Waals surface area contributed by atoms with Crippen LogP contribution < -0.4 is 24.3 Å². The van der Waals surface area contributed by atoms with Crippen molar-refractivity contribution in [2.24, 2.45) is 23.7 Å². The van der Waals surface area contributed by atoms with Gasteiger partial charge in [0.1, 0.15) is 61.9 Å². The van der Waals surface area contributed by atoms with Gasteiger partial charge in [0.2, 0.25) is 0 Å². The molecule has 8 fully saturated rings. The third-order valence-corrected chi connectivity index (χ3v) is 27.4. The number of carbonyl (C=O) groups excluding carboxylic acids is 4. The van der Waals surface area contributed by atoms with E-state index in [9.17, 15) is 28.0 Å². The molecule has 21 heterocycles. The van der Waals surface area contributed by atoms with Crippen LogP contribution >= 0.6 is 22.9 Å². The summed E-state index contributed by atoms with van der Waals surface area (Å²) < 4.78 is 42.1. The Hall–Kier alpha value is -11.9. The predicted molar refractivity (Wildman–Crippen MR) is 483 cm³/mol. The summed E-state index contributed by atoms with van der Waals surface area (Å²) in [6.45, 7) is 28.3. The van der Waals surface area contributed by atoms with Crippen molar-refractivity contribution in [3.63, 3.8) is 0 Å². The van der Waals surface area contributed by atoms with Gasteiger partial charge in [0.25, 0.3) is 23.6 Å². The lowest BCUT2D eigenvalue weighted by Gasteiger charge is -2.34. The second-order valence-electron chi connectivity index (χ2n) is 36.0. The number of ether oxygens (including phenoxy) is 1. The van der Waals surface area contributed by atoms with E-state index in [0.29, 0.717) is 77.8 Å². The fraction of sp³-hybridized carbons (Fsp3) is 0.484. The number of methoxy groups -OCH3 is 1. The number of anilines is 4. The molecule has 0 spiro atoms. The Morgan fingerprint density at radius 3 is 1.17 bits per heavy atom.